The van der Waals surface area contributed by atoms with Crippen molar-refractivity contribution in [1.29, 1.82) is 0 Å². The Morgan fingerprint density at radius 2 is 1.94 bits per heavy atom. The lowest BCUT2D eigenvalue weighted by Crippen LogP contribution is -2.33. The van der Waals surface area contributed by atoms with E-state index in [0.29, 0.717) is 17.5 Å². The second-order valence-electron chi connectivity index (χ2n) is 4.67. The molecule has 2 N–H and O–H groups in total. The van der Waals surface area contributed by atoms with Gasteiger partial charge in [-0.1, -0.05) is 18.5 Å². The zero-order valence-electron chi connectivity index (χ0n) is 10.8. The Morgan fingerprint density at radius 3 is 2.56 bits per heavy atom. The van der Waals surface area contributed by atoms with Crippen LogP contribution in [0.4, 0.5) is 0 Å². The Bertz CT molecular complexity index is 518. The summed E-state index contributed by atoms with van der Waals surface area (Å²) in [6, 6.07) is 0. The Morgan fingerprint density at radius 1 is 1.28 bits per heavy atom. The number of aryl methyl sites for hydroxylation is 1. The number of nitrogens with two attached hydrogens (primary N) is 1. The fourth-order valence-electron chi connectivity index (χ4n) is 1.68. The van der Waals surface area contributed by atoms with E-state index in [-0.39, 0.29) is 0 Å². The first kappa shape index (κ1) is 12.6. The summed E-state index contributed by atoms with van der Waals surface area (Å²) in [6.07, 6.45) is 5.16. The van der Waals surface area contributed by atoms with Crippen LogP contribution in [0.3, 0.4) is 0 Å². The minimum Gasteiger partial charge on any atom is -0.337 e. The Hall–Kier alpha value is -1.82. The lowest BCUT2D eigenvalue weighted by atomic mass is 9.98. The van der Waals surface area contributed by atoms with Crippen LogP contribution in [-0.4, -0.2) is 20.1 Å². The Balaban J connectivity index is 2.28. The largest absolute Gasteiger partial charge is 0.337 e. The molecule has 2 rings (SSSR count). The van der Waals surface area contributed by atoms with Gasteiger partial charge in [0.1, 0.15) is 0 Å². The normalized spacial score (nSPS) is 14.4. The Labute approximate surface area is 106 Å². The number of aromatic nitrogens is 4. The Kier molecular flexibility index (Phi) is 3.38. The first-order chi connectivity index (χ1) is 8.53. The van der Waals surface area contributed by atoms with Gasteiger partial charge in [-0.15, -0.1) is 0 Å². The van der Waals surface area contributed by atoms with Crippen LogP contribution in [0.1, 0.15) is 38.1 Å². The van der Waals surface area contributed by atoms with E-state index in [1.54, 1.807) is 12.4 Å². The molecule has 0 aliphatic heterocycles. The molecule has 0 saturated carbocycles. The van der Waals surface area contributed by atoms with Crippen molar-refractivity contribution in [2.75, 3.05) is 0 Å². The highest BCUT2D eigenvalue weighted by Crippen LogP contribution is 2.23. The molecule has 6 heteroatoms. The monoisotopic (exact) mass is 247 g/mol. The van der Waals surface area contributed by atoms with E-state index in [4.69, 9.17) is 10.3 Å². The maximum absolute atomic E-state index is 6.13. The van der Waals surface area contributed by atoms with Gasteiger partial charge in [-0.25, -0.2) is 9.97 Å². The predicted molar refractivity (Wildman–Crippen MR) is 66.5 cm³/mol. The molecule has 2 heterocycles. The SMILES string of the molecule is CCCC(C)(N)c1nc(-c2ncc(C)cn2)no1. The second-order valence-corrected chi connectivity index (χ2v) is 4.67. The van der Waals surface area contributed by atoms with Crippen molar-refractivity contribution in [2.45, 2.75) is 39.2 Å². The molecule has 2 aromatic heterocycles. The average Bonchev–Trinajstić information content (AvgIpc) is 2.80. The summed E-state index contributed by atoms with van der Waals surface area (Å²) >= 11 is 0. The van der Waals surface area contributed by atoms with Gasteiger partial charge in [0, 0.05) is 12.4 Å². The minimum atomic E-state index is -0.606. The predicted octanol–water partition coefficient (Wildman–Crippen LogP) is 1.81. The van der Waals surface area contributed by atoms with E-state index in [2.05, 4.69) is 27.0 Å². The van der Waals surface area contributed by atoms with Gasteiger partial charge in [-0.2, -0.15) is 4.98 Å². The number of hydrogen-bond acceptors (Lipinski definition) is 6. The summed E-state index contributed by atoms with van der Waals surface area (Å²) in [6.45, 7) is 5.86. The summed E-state index contributed by atoms with van der Waals surface area (Å²) in [7, 11) is 0. The lowest BCUT2D eigenvalue weighted by molar-refractivity contribution is 0.284. The third kappa shape index (κ3) is 2.53. The van der Waals surface area contributed by atoms with E-state index in [1.165, 1.54) is 0 Å². The molecule has 18 heavy (non-hydrogen) atoms. The van der Waals surface area contributed by atoms with E-state index < -0.39 is 5.54 Å². The van der Waals surface area contributed by atoms with Crippen LogP contribution in [-0.2, 0) is 5.54 Å². The molecule has 0 fully saturated rings. The fraction of sp³-hybridized carbons (Fsp3) is 0.500. The lowest BCUT2D eigenvalue weighted by Gasteiger charge is -2.18. The summed E-state index contributed by atoms with van der Waals surface area (Å²) in [4.78, 5) is 12.6. The quantitative estimate of drug-likeness (QED) is 0.886. The number of rotatable bonds is 4. The van der Waals surface area contributed by atoms with E-state index >= 15 is 0 Å². The van der Waals surface area contributed by atoms with Crippen LogP contribution >= 0.6 is 0 Å². The maximum Gasteiger partial charge on any atom is 0.246 e. The number of nitrogens with zero attached hydrogens (tertiary/aromatic N) is 4. The molecule has 0 aromatic carbocycles. The number of hydrogen-bond donors (Lipinski definition) is 1. The zero-order chi connectivity index (χ0) is 13.2. The van der Waals surface area contributed by atoms with Crippen molar-refractivity contribution in [1.82, 2.24) is 20.1 Å². The minimum absolute atomic E-state index is 0.373. The third-order valence-corrected chi connectivity index (χ3v) is 2.66. The van der Waals surface area contributed by atoms with Gasteiger partial charge in [-0.3, -0.25) is 0 Å². The molecular formula is C12H17N5O. The summed E-state index contributed by atoms with van der Waals surface area (Å²) in [5.41, 5.74) is 6.50. The molecule has 1 unspecified atom stereocenters. The molecule has 2 aromatic rings. The third-order valence-electron chi connectivity index (χ3n) is 2.66. The molecule has 0 bridgehead atoms. The molecule has 0 aliphatic rings. The summed E-state index contributed by atoms with van der Waals surface area (Å²) < 4.78 is 5.20. The molecule has 1 atom stereocenters. The fourth-order valence-corrected chi connectivity index (χ4v) is 1.68. The summed E-state index contributed by atoms with van der Waals surface area (Å²) in [5.74, 6) is 1.24. The van der Waals surface area contributed by atoms with Gasteiger partial charge in [0.05, 0.1) is 5.54 Å². The molecule has 6 nitrogen and oxygen atoms in total. The van der Waals surface area contributed by atoms with Crippen molar-refractivity contribution >= 4 is 0 Å². The maximum atomic E-state index is 6.13. The van der Waals surface area contributed by atoms with Crippen LogP contribution in [0.2, 0.25) is 0 Å². The highest BCUT2D eigenvalue weighted by Gasteiger charge is 2.27. The van der Waals surface area contributed by atoms with Gasteiger partial charge >= 0.3 is 0 Å². The molecule has 96 valence electrons. The van der Waals surface area contributed by atoms with Crippen LogP contribution in [0, 0.1) is 6.92 Å². The standard InChI is InChI=1S/C12H17N5O/c1-4-5-12(3,13)11-16-10(17-18-11)9-14-6-8(2)7-15-9/h6-7H,4-5,13H2,1-3H3. The van der Waals surface area contributed by atoms with Gasteiger partial charge in [0.15, 0.2) is 0 Å². The van der Waals surface area contributed by atoms with Crippen LogP contribution < -0.4 is 5.73 Å². The van der Waals surface area contributed by atoms with Crippen LogP contribution in [0.15, 0.2) is 16.9 Å². The highest BCUT2D eigenvalue weighted by atomic mass is 16.5. The first-order valence-corrected chi connectivity index (χ1v) is 5.95. The highest BCUT2D eigenvalue weighted by molar-refractivity contribution is 5.41. The molecule has 0 radical (unpaired) electrons. The first-order valence-electron chi connectivity index (χ1n) is 5.95. The van der Waals surface area contributed by atoms with Gasteiger partial charge in [-0.05, 0) is 25.8 Å². The molecule has 0 spiro atoms. The van der Waals surface area contributed by atoms with Crippen molar-refractivity contribution in [2.24, 2.45) is 5.73 Å². The smallest absolute Gasteiger partial charge is 0.246 e. The van der Waals surface area contributed by atoms with Crippen molar-refractivity contribution in [3.8, 4) is 11.6 Å². The van der Waals surface area contributed by atoms with Gasteiger partial charge in [0.25, 0.3) is 0 Å². The molecule has 0 saturated heterocycles. The van der Waals surface area contributed by atoms with E-state index in [0.717, 1.165) is 18.4 Å². The summed E-state index contributed by atoms with van der Waals surface area (Å²) in [5, 5.41) is 3.87. The van der Waals surface area contributed by atoms with Crippen molar-refractivity contribution in [3.05, 3.63) is 23.8 Å². The topological polar surface area (TPSA) is 90.7 Å². The zero-order valence-corrected chi connectivity index (χ0v) is 10.8. The van der Waals surface area contributed by atoms with Crippen LogP contribution in [0.25, 0.3) is 11.6 Å². The molecular weight excluding hydrogens is 230 g/mol. The average molecular weight is 247 g/mol. The van der Waals surface area contributed by atoms with E-state index in [9.17, 15) is 0 Å². The van der Waals surface area contributed by atoms with Gasteiger partial charge < -0.3 is 10.3 Å². The van der Waals surface area contributed by atoms with Crippen LogP contribution in [0.5, 0.6) is 0 Å². The van der Waals surface area contributed by atoms with Gasteiger partial charge in [0.2, 0.25) is 17.5 Å². The van der Waals surface area contributed by atoms with Crippen molar-refractivity contribution < 1.29 is 4.52 Å². The second kappa shape index (κ2) is 4.81. The van der Waals surface area contributed by atoms with E-state index in [1.807, 2.05) is 13.8 Å². The molecule has 0 amide bonds. The van der Waals surface area contributed by atoms with Crippen molar-refractivity contribution in [3.63, 3.8) is 0 Å². The molecule has 0 aliphatic carbocycles.